The van der Waals surface area contributed by atoms with Crippen molar-refractivity contribution < 1.29 is 36.8 Å². The molecular weight excluding hydrogens is 646 g/mol. The lowest BCUT2D eigenvalue weighted by Gasteiger charge is -2.31. The number of anilines is 1. The lowest BCUT2D eigenvalue weighted by atomic mass is 10.0. The van der Waals surface area contributed by atoms with Gasteiger partial charge in [0, 0.05) is 28.8 Å². The Morgan fingerprint density at radius 2 is 1.87 bits per heavy atom. The number of nitrogens with zero attached hydrogens (tertiary/aromatic N) is 2. The Morgan fingerprint density at radius 3 is 2.51 bits per heavy atom. The van der Waals surface area contributed by atoms with Crippen LogP contribution in [0.1, 0.15) is 72.5 Å². The van der Waals surface area contributed by atoms with Crippen molar-refractivity contribution in [2.24, 2.45) is 5.92 Å². The van der Waals surface area contributed by atoms with Crippen molar-refractivity contribution in [3.8, 4) is 11.3 Å². The van der Waals surface area contributed by atoms with E-state index in [1.165, 1.54) is 17.0 Å². The first-order chi connectivity index (χ1) is 21.5. The molecule has 5 atom stereocenters. The summed E-state index contributed by atoms with van der Waals surface area (Å²) in [5, 5.41) is 14.2. The van der Waals surface area contributed by atoms with Gasteiger partial charge in [-0.05, 0) is 75.3 Å². The number of aromatic nitrogens is 1. The molecule has 3 aliphatic carbocycles. The average molecular weight is 678 g/mol. The van der Waals surface area contributed by atoms with Gasteiger partial charge < -0.3 is 19.3 Å². The van der Waals surface area contributed by atoms with E-state index >= 15 is 4.39 Å². The Morgan fingerprint density at radius 1 is 1.11 bits per heavy atom. The molecule has 3 saturated carbocycles. The van der Waals surface area contributed by atoms with E-state index in [0.717, 1.165) is 30.2 Å². The number of rotatable bonds is 10. The third kappa shape index (κ3) is 5.60. The van der Waals surface area contributed by atoms with Crippen LogP contribution in [0.15, 0.2) is 40.9 Å². The van der Waals surface area contributed by atoms with Crippen LogP contribution in [-0.2, 0) is 26.0 Å². The third-order valence-electron chi connectivity index (χ3n) is 9.55. The number of ketones is 1. The van der Waals surface area contributed by atoms with Crippen LogP contribution in [0.4, 0.5) is 10.1 Å². The van der Waals surface area contributed by atoms with Crippen LogP contribution in [0.25, 0.3) is 11.3 Å². The summed E-state index contributed by atoms with van der Waals surface area (Å²) in [6, 6.07) is 8.81. The number of amides is 1. The zero-order valence-electron chi connectivity index (χ0n) is 24.1. The molecule has 1 aromatic heterocycles. The fraction of sp³-hybridized carbons (Fsp3) is 0.469. The van der Waals surface area contributed by atoms with Gasteiger partial charge in [-0.15, -0.1) is 0 Å². The standard InChI is InChI=1S/C32H31Cl2FN2O7S/c33-22-3-1-4-23(34)29(22)30-21(31(44-36-30)16-7-8-16)14-43-27-13-18-11-20(27)32(40)37(18)17-9-10-19(24(35)12-17)26(39)15-45(41,42)28-6-2-5-25(28)38/h1,3-4,9-10,12,16,18,20,25,27-28,38H,2,5-8,11,13-15H2/t18-,20+,25+,27+,28+/m0/s1. The molecule has 238 valence electrons. The quantitative estimate of drug-likeness (QED) is 0.264. The van der Waals surface area contributed by atoms with Gasteiger partial charge in [-0.3, -0.25) is 9.59 Å². The molecule has 2 bridgehead atoms. The van der Waals surface area contributed by atoms with Gasteiger partial charge in [-0.25, -0.2) is 12.8 Å². The molecule has 4 aliphatic rings. The maximum Gasteiger partial charge on any atom is 0.233 e. The number of fused-ring (bicyclic) bond motifs is 2. The SMILES string of the molecule is O=C(CS(=O)(=O)[C@@H]1CCC[C@H]1O)c1ccc(N2C(=O)[C@@H]3C[C@H]2C[C@H]3OCc2c(-c3c(Cl)cccc3Cl)noc2C2CC2)cc1F. The summed E-state index contributed by atoms with van der Waals surface area (Å²) < 4.78 is 52.6. The second-order valence-corrected chi connectivity index (χ2v) is 15.5. The number of carbonyl (C=O) groups is 2. The van der Waals surface area contributed by atoms with E-state index in [4.69, 9.17) is 32.5 Å². The molecular formula is C32H31Cl2FN2O7S. The normalized spacial score (nSPS) is 26.3. The molecule has 9 nitrogen and oxygen atoms in total. The summed E-state index contributed by atoms with van der Waals surface area (Å²) in [5.41, 5.74) is 1.82. The number of sulfone groups is 1. The van der Waals surface area contributed by atoms with Gasteiger partial charge in [-0.2, -0.15) is 0 Å². The number of benzene rings is 2. The van der Waals surface area contributed by atoms with Gasteiger partial charge in [0.15, 0.2) is 15.6 Å². The number of halogens is 3. The van der Waals surface area contributed by atoms with Crippen LogP contribution in [0.2, 0.25) is 10.0 Å². The highest BCUT2D eigenvalue weighted by atomic mass is 35.5. The Balaban J connectivity index is 1.04. The second kappa shape index (κ2) is 11.8. The van der Waals surface area contributed by atoms with Crippen LogP contribution < -0.4 is 4.90 Å². The number of Topliss-reactive ketones (excluding diaryl/α,β-unsaturated/α-hetero) is 1. The molecule has 4 fully saturated rings. The minimum Gasteiger partial charge on any atom is -0.392 e. The van der Waals surface area contributed by atoms with Gasteiger partial charge in [-0.1, -0.05) is 34.4 Å². The van der Waals surface area contributed by atoms with E-state index in [1.54, 1.807) is 18.2 Å². The first kappa shape index (κ1) is 30.8. The summed E-state index contributed by atoms with van der Waals surface area (Å²) in [6.07, 6.45) is 2.86. The molecule has 0 unspecified atom stereocenters. The predicted molar refractivity (Wildman–Crippen MR) is 165 cm³/mol. The fourth-order valence-corrected chi connectivity index (χ4v) is 9.59. The molecule has 2 heterocycles. The first-order valence-electron chi connectivity index (χ1n) is 15.1. The van der Waals surface area contributed by atoms with Crippen LogP contribution >= 0.6 is 23.2 Å². The van der Waals surface area contributed by atoms with Crippen LogP contribution in [0.5, 0.6) is 0 Å². The molecule has 3 aromatic rings. The molecule has 2 aromatic carbocycles. The molecule has 1 saturated heterocycles. The van der Waals surface area contributed by atoms with E-state index in [1.807, 2.05) is 0 Å². The van der Waals surface area contributed by atoms with E-state index in [2.05, 4.69) is 5.16 Å². The second-order valence-electron chi connectivity index (χ2n) is 12.5. The first-order valence-corrected chi connectivity index (χ1v) is 17.6. The van der Waals surface area contributed by atoms with Crippen molar-refractivity contribution in [2.45, 2.75) is 81.0 Å². The lowest BCUT2D eigenvalue weighted by molar-refractivity contribution is -0.126. The van der Waals surface area contributed by atoms with Crippen molar-refractivity contribution in [3.05, 3.63) is 69.1 Å². The number of hydrogen-bond donors (Lipinski definition) is 1. The summed E-state index contributed by atoms with van der Waals surface area (Å²) in [7, 11) is -3.94. The third-order valence-corrected chi connectivity index (χ3v) is 12.3. The van der Waals surface area contributed by atoms with Gasteiger partial charge in [0.25, 0.3) is 0 Å². The minimum absolute atomic E-state index is 0.166. The smallest absolute Gasteiger partial charge is 0.233 e. The Hall–Kier alpha value is -2.83. The molecule has 7 rings (SSSR count). The minimum atomic E-state index is -3.94. The summed E-state index contributed by atoms with van der Waals surface area (Å²) in [4.78, 5) is 27.8. The topological polar surface area (TPSA) is 127 Å². The Kier molecular flexibility index (Phi) is 8.05. The molecule has 45 heavy (non-hydrogen) atoms. The number of carbonyl (C=O) groups excluding carboxylic acids is 2. The molecule has 0 radical (unpaired) electrons. The van der Waals surface area contributed by atoms with E-state index < -0.39 is 44.5 Å². The van der Waals surface area contributed by atoms with Gasteiger partial charge in [0.05, 0.1) is 45.6 Å². The Labute approximate surface area is 269 Å². The molecule has 13 heteroatoms. The number of hydrogen-bond acceptors (Lipinski definition) is 8. The van der Waals surface area contributed by atoms with Gasteiger partial charge in [0.1, 0.15) is 23.0 Å². The van der Waals surface area contributed by atoms with Crippen molar-refractivity contribution >= 4 is 50.4 Å². The predicted octanol–water partition coefficient (Wildman–Crippen LogP) is 5.89. The van der Waals surface area contributed by atoms with Crippen molar-refractivity contribution in [1.29, 1.82) is 0 Å². The van der Waals surface area contributed by atoms with E-state index in [0.29, 0.717) is 52.7 Å². The maximum absolute atomic E-state index is 15.2. The monoisotopic (exact) mass is 676 g/mol. The number of aliphatic hydroxyl groups is 1. The van der Waals surface area contributed by atoms with E-state index in [9.17, 15) is 23.1 Å². The molecule has 0 spiro atoms. The molecule has 1 N–H and O–H groups in total. The van der Waals surface area contributed by atoms with Crippen molar-refractivity contribution in [2.75, 3.05) is 10.7 Å². The summed E-state index contributed by atoms with van der Waals surface area (Å²) in [5.74, 6) is -2.28. The number of aliphatic hydroxyl groups excluding tert-OH is 1. The van der Waals surface area contributed by atoms with Crippen LogP contribution in [-0.4, -0.2) is 59.6 Å². The number of piperidine rings is 1. The van der Waals surface area contributed by atoms with E-state index in [-0.39, 0.29) is 42.6 Å². The largest absolute Gasteiger partial charge is 0.392 e. The highest BCUT2D eigenvalue weighted by molar-refractivity contribution is 7.92. The molecule has 1 aliphatic heterocycles. The van der Waals surface area contributed by atoms with Gasteiger partial charge in [0.2, 0.25) is 5.91 Å². The summed E-state index contributed by atoms with van der Waals surface area (Å²) >= 11 is 12.9. The average Bonchev–Trinajstić information content (AvgIpc) is 3.26. The number of ether oxygens (including phenoxy) is 1. The zero-order chi connectivity index (χ0) is 31.6. The Bertz CT molecular complexity index is 1770. The van der Waals surface area contributed by atoms with Crippen LogP contribution in [0.3, 0.4) is 0 Å². The lowest BCUT2D eigenvalue weighted by Crippen LogP contribution is -2.43. The van der Waals surface area contributed by atoms with Crippen molar-refractivity contribution in [3.63, 3.8) is 0 Å². The van der Waals surface area contributed by atoms with Crippen LogP contribution in [0, 0.1) is 11.7 Å². The fourth-order valence-electron chi connectivity index (χ4n) is 7.14. The molecule has 1 amide bonds. The maximum atomic E-state index is 15.2. The highest BCUT2D eigenvalue weighted by Crippen LogP contribution is 2.48. The van der Waals surface area contributed by atoms with Crippen molar-refractivity contribution in [1.82, 2.24) is 5.16 Å². The summed E-state index contributed by atoms with van der Waals surface area (Å²) in [6.45, 7) is 0.166. The van der Waals surface area contributed by atoms with Gasteiger partial charge >= 0.3 is 0 Å². The zero-order valence-corrected chi connectivity index (χ0v) is 26.5. The highest BCUT2D eigenvalue weighted by Gasteiger charge is 2.52.